The molecule has 2 unspecified atom stereocenters. The molecule has 0 amide bonds. The Bertz CT molecular complexity index is 558. The van der Waals surface area contributed by atoms with Crippen LogP contribution < -0.4 is 5.32 Å². The summed E-state index contributed by atoms with van der Waals surface area (Å²) < 4.78 is 33.1. The van der Waals surface area contributed by atoms with Gasteiger partial charge in [0.15, 0.2) is 0 Å². The van der Waals surface area contributed by atoms with E-state index in [4.69, 9.17) is 4.74 Å². The lowest BCUT2D eigenvalue weighted by Crippen LogP contribution is -2.45. The standard InChI is InChI=1S/C13H20N2O3S2/c1-2-14-7-12-5-6-13(19-12)20(16,17)15-8-10-3-4-11(9-15)18-10/h5-6,10-11,14H,2-4,7-9H2,1H3. The summed E-state index contributed by atoms with van der Waals surface area (Å²) in [6.45, 7) is 4.64. The summed E-state index contributed by atoms with van der Waals surface area (Å²) >= 11 is 1.36. The molecule has 7 heteroatoms. The third kappa shape index (κ3) is 2.78. The summed E-state index contributed by atoms with van der Waals surface area (Å²) in [5.74, 6) is 0. The van der Waals surface area contributed by atoms with Crippen LogP contribution >= 0.6 is 11.3 Å². The van der Waals surface area contributed by atoms with Crippen molar-refractivity contribution in [3.63, 3.8) is 0 Å². The Balaban J connectivity index is 1.76. The lowest BCUT2D eigenvalue weighted by molar-refractivity contribution is -0.0114. The van der Waals surface area contributed by atoms with E-state index in [9.17, 15) is 8.42 Å². The van der Waals surface area contributed by atoms with E-state index in [1.807, 2.05) is 13.0 Å². The Morgan fingerprint density at radius 3 is 2.70 bits per heavy atom. The van der Waals surface area contributed by atoms with Gasteiger partial charge in [0.1, 0.15) is 4.21 Å². The molecular weight excluding hydrogens is 296 g/mol. The van der Waals surface area contributed by atoms with Crippen molar-refractivity contribution in [1.82, 2.24) is 9.62 Å². The van der Waals surface area contributed by atoms with Gasteiger partial charge >= 0.3 is 0 Å². The van der Waals surface area contributed by atoms with Crippen molar-refractivity contribution in [2.24, 2.45) is 0 Å². The van der Waals surface area contributed by atoms with Crippen LogP contribution in [0.15, 0.2) is 16.3 Å². The van der Waals surface area contributed by atoms with Crippen LogP contribution in [0.2, 0.25) is 0 Å². The van der Waals surface area contributed by atoms with E-state index in [0.29, 0.717) is 17.3 Å². The van der Waals surface area contributed by atoms with Crippen LogP contribution in [0, 0.1) is 0 Å². The van der Waals surface area contributed by atoms with Crippen molar-refractivity contribution >= 4 is 21.4 Å². The average molecular weight is 316 g/mol. The van der Waals surface area contributed by atoms with E-state index in [-0.39, 0.29) is 12.2 Å². The molecular formula is C13H20N2O3S2. The van der Waals surface area contributed by atoms with Crippen molar-refractivity contribution in [3.05, 3.63) is 17.0 Å². The fraction of sp³-hybridized carbons (Fsp3) is 0.692. The molecule has 1 aromatic heterocycles. The summed E-state index contributed by atoms with van der Waals surface area (Å²) in [6, 6.07) is 3.62. The van der Waals surface area contributed by atoms with Crippen molar-refractivity contribution in [1.29, 1.82) is 0 Å². The predicted octanol–water partition coefficient (Wildman–Crippen LogP) is 1.41. The summed E-state index contributed by atoms with van der Waals surface area (Å²) in [5, 5.41) is 3.21. The van der Waals surface area contributed by atoms with Gasteiger partial charge in [-0.1, -0.05) is 6.92 Å². The summed E-state index contributed by atoms with van der Waals surface area (Å²) in [7, 11) is -3.35. The molecule has 2 aliphatic heterocycles. The number of rotatable bonds is 5. The quantitative estimate of drug-likeness (QED) is 0.892. The third-order valence-electron chi connectivity index (χ3n) is 3.79. The molecule has 2 bridgehead atoms. The van der Waals surface area contributed by atoms with E-state index < -0.39 is 10.0 Å². The molecule has 0 radical (unpaired) electrons. The highest BCUT2D eigenvalue weighted by atomic mass is 32.2. The summed E-state index contributed by atoms with van der Waals surface area (Å²) in [6.07, 6.45) is 2.13. The van der Waals surface area contributed by atoms with Crippen LogP contribution in [-0.4, -0.2) is 44.6 Å². The Labute approximate surface area is 124 Å². The zero-order valence-corrected chi connectivity index (χ0v) is 13.2. The first-order valence-electron chi connectivity index (χ1n) is 7.04. The van der Waals surface area contributed by atoms with Gasteiger partial charge in [-0.2, -0.15) is 4.31 Å². The summed E-state index contributed by atoms with van der Waals surface area (Å²) in [5.41, 5.74) is 0. The minimum Gasteiger partial charge on any atom is -0.372 e. The molecule has 0 spiro atoms. The smallest absolute Gasteiger partial charge is 0.252 e. The zero-order valence-electron chi connectivity index (χ0n) is 11.5. The maximum Gasteiger partial charge on any atom is 0.252 e. The van der Waals surface area contributed by atoms with E-state index in [1.165, 1.54) is 11.3 Å². The third-order valence-corrected chi connectivity index (χ3v) is 7.17. The first kappa shape index (κ1) is 14.5. The lowest BCUT2D eigenvalue weighted by Gasteiger charge is -2.30. The molecule has 1 aromatic rings. The average Bonchev–Trinajstić information content (AvgIpc) is 3.03. The van der Waals surface area contributed by atoms with Crippen LogP contribution in [0.3, 0.4) is 0 Å². The normalized spacial score (nSPS) is 27.1. The van der Waals surface area contributed by atoms with Crippen LogP contribution in [0.1, 0.15) is 24.6 Å². The number of hydrogen-bond acceptors (Lipinski definition) is 5. The van der Waals surface area contributed by atoms with Crippen molar-refractivity contribution in [2.45, 2.75) is 42.7 Å². The molecule has 0 aliphatic carbocycles. The summed E-state index contributed by atoms with van der Waals surface area (Å²) in [4.78, 5) is 1.06. The maximum absolute atomic E-state index is 12.7. The van der Waals surface area contributed by atoms with Gasteiger partial charge in [-0.25, -0.2) is 8.42 Å². The molecule has 3 rings (SSSR count). The molecule has 2 atom stereocenters. The number of sulfonamides is 1. The largest absolute Gasteiger partial charge is 0.372 e. The van der Waals surface area contributed by atoms with E-state index in [2.05, 4.69) is 5.32 Å². The Morgan fingerprint density at radius 2 is 2.05 bits per heavy atom. The van der Waals surface area contributed by atoms with Crippen LogP contribution in [0.5, 0.6) is 0 Å². The Kier molecular flexibility index (Phi) is 4.14. The van der Waals surface area contributed by atoms with Crippen molar-refractivity contribution in [2.75, 3.05) is 19.6 Å². The molecule has 20 heavy (non-hydrogen) atoms. The molecule has 2 fully saturated rings. The van der Waals surface area contributed by atoms with E-state index >= 15 is 0 Å². The number of morpholine rings is 1. The maximum atomic E-state index is 12.7. The van der Waals surface area contributed by atoms with Gasteiger partial charge in [-0.3, -0.25) is 0 Å². The van der Waals surface area contributed by atoms with Gasteiger partial charge in [0.25, 0.3) is 10.0 Å². The van der Waals surface area contributed by atoms with Crippen molar-refractivity contribution in [3.8, 4) is 0 Å². The van der Waals surface area contributed by atoms with Gasteiger partial charge in [-0.15, -0.1) is 11.3 Å². The fourth-order valence-electron chi connectivity index (χ4n) is 2.74. The second-order valence-electron chi connectivity index (χ2n) is 5.28. The Morgan fingerprint density at radius 1 is 1.35 bits per heavy atom. The molecule has 0 aromatic carbocycles. The molecule has 2 saturated heterocycles. The molecule has 112 valence electrons. The highest BCUT2D eigenvalue weighted by molar-refractivity contribution is 7.91. The van der Waals surface area contributed by atoms with Crippen LogP contribution in [0.25, 0.3) is 0 Å². The molecule has 3 heterocycles. The Hall–Kier alpha value is -0.470. The molecule has 1 N–H and O–H groups in total. The van der Waals surface area contributed by atoms with Crippen molar-refractivity contribution < 1.29 is 13.2 Å². The van der Waals surface area contributed by atoms with Crippen LogP contribution in [-0.2, 0) is 21.3 Å². The first-order chi connectivity index (χ1) is 9.59. The minimum absolute atomic E-state index is 0.0877. The topological polar surface area (TPSA) is 58.6 Å². The van der Waals surface area contributed by atoms with Gasteiger partial charge in [-0.05, 0) is 31.5 Å². The van der Waals surface area contributed by atoms with Gasteiger partial charge < -0.3 is 10.1 Å². The van der Waals surface area contributed by atoms with Gasteiger partial charge in [0.05, 0.1) is 12.2 Å². The number of nitrogens with zero attached hydrogens (tertiary/aromatic N) is 1. The second kappa shape index (κ2) is 5.73. The fourth-order valence-corrected chi connectivity index (χ4v) is 5.72. The van der Waals surface area contributed by atoms with E-state index in [1.54, 1.807) is 10.4 Å². The number of hydrogen-bond donors (Lipinski definition) is 1. The zero-order chi connectivity index (χ0) is 14.2. The van der Waals surface area contributed by atoms with E-state index in [0.717, 1.165) is 30.8 Å². The minimum atomic E-state index is -3.35. The first-order valence-corrected chi connectivity index (χ1v) is 9.30. The molecule has 5 nitrogen and oxygen atoms in total. The predicted molar refractivity (Wildman–Crippen MR) is 78.4 cm³/mol. The lowest BCUT2D eigenvalue weighted by atomic mass is 10.2. The van der Waals surface area contributed by atoms with Gasteiger partial charge in [0.2, 0.25) is 0 Å². The second-order valence-corrected chi connectivity index (χ2v) is 8.61. The number of thiophene rings is 1. The highest BCUT2D eigenvalue weighted by Crippen LogP contribution is 2.32. The SMILES string of the molecule is CCNCc1ccc(S(=O)(=O)N2CC3CCC(C2)O3)s1. The monoisotopic (exact) mass is 316 g/mol. The number of ether oxygens (including phenoxy) is 1. The molecule has 2 aliphatic rings. The number of nitrogens with one attached hydrogen (secondary N) is 1. The van der Waals surface area contributed by atoms with Gasteiger partial charge in [0, 0.05) is 24.5 Å². The highest BCUT2D eigenvalue weighted by Gasteiger charge is 2.39. The molecule has 0 saturated carbocycles. The number of fused-ring (bicyclic) bond motifs is 2. The van der Waals surface area contributed by atoms with Crippen LogP contribution in [0.4, 0.5) is 0 Å².